The fourth-order valence-electron chi connectivity index (χ4n) is 2.33. The number of unbranched alkanes of at least 4 members (excludes halogenated alkanes) is 2. The van der Waals surface area contributed by atoms with Gasteiger partial charge in [-0.05, 0) is 25.8 Å². The van der Waals surface area contributed by atoms with Crippen LogP contribution in [0.5, 0.6) is 0 Å². The molecule has 0 aliphatic carbocycles. The monoisotopic (exact) mass is 298 g/mol. The number of aryl methyl sites for hydroxylation is 1. The lowest BCUT2D eigenvalue weighted by Gasteiger charge is -2.15. The summed E-state index contributed by atoms with van der Waals surface area (Å²) < 4.78 is 0. The third-order valence-electron chi connectivity index (χ3n) is 3.59. The van der Waals surface area contributed by atoms with Crippen molar-refractivity contribution in [2.45, 2.75) is 46.1 Å². The zero-order valence-corrected chi connectivity index (χ0v) is 13.8. The number of benzene rings is 1. The maximum atomic E-state index is 4.56. The molecule has 118 valence electrons. The molecule has 22 heavy (non-hydrogen) atoms. The highest BCUT2D eigenvalue weighted by Crippen LogP contribution is 2.18. The molecule has 0 fully saturated rings. The number of nitrogens with zero attached hydrogens (tertiary/aromatic N) is 2. The summed E-state index contributed by atoms with van der Waals surface area (Å²) in [5, 5.41) is 6.76. The van der Waals surface area contributed by atoms with Crippen molar-refractivity contribution in [2.75, 3.05) is 17.2 Å². The van der Waals surface area contributed by atoms with E-state index in [1.165, 1.54) is 24.8 Å². The summed E-state index contributed by atoms with van der Waals surface area (Å²) in [5.74, 6) is 1.57. The smallest absolute Gasteiger partial charge is 0.225 e. The van der Waals surface area contributed by atoms with Crippen LogP contribution in [0.15, 0.2) is 36.4 Å². The third kappa shape index (κ3) is 5.02. The predicted octanol–water partition coefficient (Wildman–Crippen LogP) is 4.56. The van der Waals surface area contributed by atoms with Gasteiger partial charge in [-0.25, -0.2) is 4.98 Å². The molecule has 0 aliphatic heterocycles. The molecular formula is C18H26N4. The van der Waals surface area contributed by atoms with Gasteiger partial charge in [0, 0.05) is 18.3 Å². The molecule has 1 aromatic heterocycles. The van der Waals surface area contributed by atoms with Crippen LogP contribution in [-0.4, -0.2) is 16.5 Å². The summed E-state index contributed by atoms with van der Waals surface area (Å²) in [5.41, 5.74) is 2.20. The van der Waals surface area contributed by atoms with Gasteiger partial charge in [-0.1, -0.05) is 50.1 Å². The number of hydrogen-bond donors (Lipinski definition) is 2. The molecule has 4 nitrogen and oxygen atoms in total. The van der Waals surface area contributed by atoms with Crippen molar-refractivity contribution >= 4 is 11.8 Å². The molecule has 1 heterocycles. The maximum Gasteiger partial charge on any atom is 0.225 e. The molecule has 0 saturated heterocycles. The van der Waals surface area contributed by atoms with Gasteiger partial charge in [0.1, 0.15) is 5.82 Å². The first kappa shape index (κ1) is 16.3. The van der Waals surface area contributed by atoms with E-state index in [0.717, 1.165) is 18.1 Å². The van der Waals surface area contributed by atoms with Crippen molar-refractivity contribution in [3.8, 4) is 0 Å². The molecule has 2 aromatic rings. The van der Waals surface area contributed by atoms with Crippen molar-refractivity contribution in [1.82, 2.24) is 9.97 Å². The Morgan fingerprint density at radius 3 is 2.59 bits per heavy atom. The van der Waals surface area contributed by atoms with Crippen LogP contribution in [0, 0.1) is 6.92 Å². The SMILES string of the molecule is CCCCCNc1cc(C)nc(NC(C)c2ccccc2)n1. The zero-order chi connectivity index (χ0) is 15.8. The van der Waals surface area contributed by atoms with Crippen molar-refractivity contribution in [1.29, 1.82) is 0 Å². The van der Waals surface area contributed by atoms with Gasteiger partial charge in [-0.2, -0.15) is 4.98 Å². The van der Waals surface area contributed by atoms with Gasteiger partial charge < -0.3 is 10.6 Å². The maximum absolute atomic E-state index is 4.56. The van der Waals surface area contributed by atoms with Crippen LogP contribution < -0.4 is 10.6 Å². The molecule has 0 amide bonds. The van der Waals surface area contributed by atoms with Gasteiger partial charge in [-0.15, -0.1) is 0 Å². The Bertz CT molecular complexity index is 569. The Morgan fingerprint density at radius 1 is 1.09 bits per heavy atom. The predicted molar refractivity (Wildman–Crippen MR) is 93.3 cm³/mol. The van der Waals surface area contributed by atoms with Crippen molar-refractivity contribution in [2.24, 2.45) is 0 Å². The van der Waals surface area contributed by atoms with Crippen LogP contribution in [0.1, 0.15) is 50.4 Å². The van der Waals surface area contributed by atoms with Gasteiger partial charge in [0.25, 0.3) is 0 Å². The van der Waals surface area contributed by atoms with E-state index in [0.29, 0.717) is 5.95 Å². The van der Waals surface area contributed by atoms with Crippen molar-refractivity contribution in [3.05, 3.63) is 47.7 Å². The zero-order valence-electron chi connectivity index (χ0n) is 13.8. The fourth-order valence-corrected chi connectivity index (χ4v) is 2.33. The Morgan fingerprint density at radius 2 is 1.86 bits per heavy atom. The van der Waals surface area contributed by atoms with Crippen LogP contribution in [0.3, 0.4) is 0 Å². The lowest BCUT2D eigenvalue weighted by atomic mass is 10.1. The molecule has 2 rings (SSSR count). The third-order valence-corrected chi connectivity index (χ3v) is 3.59. The summed E-state index contributed by atoms with van der Waals surface area (Å²) >= 11 is 0. The quantitative estimate of drug-likeness (QED) is 0.701. The topological polar surface area (TPSA) is 49.8 Å². The van der Waals surface area contributed by atoms with Crippen molar-refractivity contribution < 1.29 is 0 Å². The Hall–Kier alpha value is -2.10. The minimum absolute atomic E-state index is 0.177. The summed E-state index contributed by atoms with van der Waals surface area (Å²) in [4.78, 5) is 9.04. The average molecular weight is 298 g/mol. The standard InChI is InChI=1S/C18H26N4/c1-4-5-9-12-19-17-13-14(2)20-18(22-17)21-15(3)16-10-7-6-8-11-16/h6-8,10-11,13,15H,4-5,9,12H2,1-3H3,(H2,19,20,21,22). The van der Waals surface area contributed by atoms with E-state index < -0.39 is 0 Å². The first-order chi connectivity index (χ1) is 10.7. The molecule has 1 aromatic carbocycles. The molecule has 2 N–H and O–H groups in total. The van der Waals surface area contributed by atoms with Crippen LogP contribution >= 0.6 is 0 Å². The number of rotatable bonds is 8. The van der Waals surface area contributed by atoms with Gasteiger partial charge in [0.05, 0.1) is 6.04 Å². The molecule has 0 saturated carbocycles. The van der Waals surface area contributed by atoms with Gasteiger partial charge in [0.2, 0.25) is 5.95 Å². The van der Waals surface area contributed by atoms with Gasteiger partial charge in [-0.3, -0.25) is 0 Å². The largest absolute Gasteiger partial charge is 0.370 e. The van der Waals surface area contributed by atoms with E-state index in [1.54, 1.807) is 0 Å². The summed E-state index contributed by atoms with van der Waals surface area (Å²) in [7, 11) is 0. The summed E-state index contributed by atoms with van der Waals surface area (Å²) in [6.45, 7) is 7.28. The molecular weight excluding hydrogens is 272 g/mol. The minimum atomic E-state index is 0.177. The first-order valence-corrected chi connectivity index (χ1v) is 8.10. The Kier molecular flexibility index (Phi) is 6.19. The minimum Gasteiger partial charge on any atom is -0.370 e. The lowest BCUT2D eigenvalue weighted by Crippen LogP contribution is -2.12. The average Bonchev–Trinajstić information content (AvgIpc) is 2.52. The molecule has 1 atom stereocenters. The number of anilines is 2. The van der Waals surface area contributed by atoms with Crippen LogP contribution in [0.25, 0.3) is 0 Å². The first-order valence-electron chi connectivity index (χ1n) is 8.10. The van der Waals surface area contributed by atoms with Crippen LogP contribution in [0.2, 0.25) is 0 Å². The molecule has 1 unspecified atom stereocenters. The number of hydrogen-bond acceptors (Lipinski definition) is 4. The second-order valence-electron chi connectivity index (χ2n) is 5.63. The fraction of sp³-hybridized carbons (Fsp3) is 0.444. The number of nitrogens with one attached hydrogen (secondary N) is 2. The highest BCUT2D eigenvalue weighted by atomic mass is 15.2. The van der Waals surface area contributed by atoms with E-state index >= 15 is 0 Å². The molecule has 0 bridgehead atoms. The molecule has 4 heteroatoms. The molecule has 0 spiro atoms. The Labute approximate surface area is 133 Å². The summed E-state index contributed by atoms with van der Waals surface area (Å²) in [6.07, 6.45) is 3.64. The number of aromatic nitrogens is 2. The molecule has 0 radical (unpaired) electrons. The van der Waals surface area contributed by atoms with Crippen LogP contribution in [0.4, 0.5) is 11.8 Å². The van der Waals surface area contributed by atoms with Crippen LogP contribution in [-0.2, 0) is 0 Å². The highest BCUT2D eigenvalue weighted by Gasteiger charge is 2.08. The van der Waals surface area contributed by atoms with E-state index in [1.807, 2.05) is 31.2 Å². The van der Waals surface area contributed by atoms with E-state index in [4.69, 9.17) is 0 Å². The van der Waals surface area contributed by atoms with Gasteiger partial charge in [0.15, 0.2) is 0 Å². The Balaban J connectivity index is 2.00. The normalized spacial score (nSPS) is 12.0. The second-order valence-corrected chi connectivity index (χ2v) is 5.63. The van der Waals surface area contributed by atoms with E-state index in [2.05, 4.69) is 46.6 Å². The highest BCUT2D eigenvalue weighted by molar-refractivity contribution is 5.43. The second kappa shape index (κ2) is 8.37. The lowest BCUT2D eigenvalue weighted by molar-refractivity contribution is 0.742. The molecule has 0 aliphatic rings. The van der Waals surface area contributed by atoms with Crippen molar-refractivity contribution in [3.63, 3.8) is 0 Å². The van der Waals surface area contributed by atoms with E-state index in [-0.39, 0.29) is 6.04 Å². The van der Waals surface area contributed by atoms with Gasteiger partial charge >= 0.3 is 0 Å². The van der Waals surface area contributed by atoms with E-state index in [9.17, 15) is 0 Å². The summed E-state index contributed by atoms with van der Waals surface area (Å²) in [6, 6.07) is 12.5.